The fourth-order valence-electron chi connectivity index (χ4n) is 1.32. The average molecular weight is 251 g/mol. The van der Waals surface area contributed by atoms with Crippen LogP contribution in [0.1, 0.15) is 11.1 Å². The highest BCUT2D eigenvalue weighted by Gasteiger charge is 2.31. The van der Waals surface area contributed by atoms with Gasteiger partial charge in [0.05, 0.1) is 12.2 Å². The number of nitrogens with one attached hydrogen (secondary N) is 1. The molecule has 0 fully saturated rings. The third-order valence-corrected chi connectivity index (χ3v) is 2.10. The monoisotopic (exact) mass is 251 g/mol. The third kappa shape index (κ3) is 4.70. The van der Waals surface area contributed by atoms with Crippen molar-refractivity contribution in [3.63, 3.8) is 0 Å². The number of ether oxygens (including phenoxy) is 1. The number of methoxy groups -OCH3 is 1. The van der Waals surface area contributed by atoms with E-state index < -0.39 is 17.6 Å². The summed E-state index contributed by atoms with van der Waals surface area (Å²) in [7, 11) is 1.52. The molecule has 0 radical (unpaired) electrons. The summed E-state index contributed by atoms with van der Waals surface area (Å²) in [4.78, 5) is 0. The number of alkyl halides is 3. The molecule has 0 atom stereocenters. The van der Waals surface area contributed by atoms with E-state index in [1.165, 1.54) is 7.11 Å². The molecule has 0 amide bonds. The smallest absolute Gasteiger partial charge is 0.383 e. The Kier molecular flexibility index (Phi) is 4.89. The molecule has 1 rings (SSSR count). The first-order valence-electron chi connectivity index (χ1n) is 5.00. The molecule has 0 heterocycles. The van der Waals surface area contributed by atoms with E-state index in [1.54, 1.807) is 0 Å². The minimum atomic E-state index is -4.52. The molecule has 1 aromatic carbocycles. The Hall–Kier alpha value is -1.14. The molecular formula is C11H13F4NO. The maximum atomic E-state index is 13.0. The average Bonchev–Trinajstić information content (AvgIpc) is 2.22. The van der Waals surface area contributed by atoms with E-state index in [0.717, 1.165) is 12.1 Å². The van der Waals surface area contributed by atoms with Crippen LogP contribution in [-0.4, -0.2) is 20.3 Å². The van der Waals surface area contributed by atoms with Crippen molar-refractivity contribution in [2.45, 2.75) is 12.7 Å². The molecule has 0 aliphatic rings. The molecule has 0 aliphatic heterocycles. The second kappa shape index (κ2) is 5.97. The van der Waals surface area contributed by atoms with Crippen LogP contribution < -0.4 is 5.32 Å². The Morgan fingerprint density at radius 2 is 1.94 bits per heavy atom. The van der Waals surface area contributed by atoms with Gasteiger partial charge in [0.1, 0.15) is 5.82 Å². The Morgan fingerprint density at radius 3 is 2.53 bits per heavy atom. The van der Waals surface area contributed by atoms with Gasteiger partial charge in [-0.15, -0.1) is 0 Å². The fraction of sp³-hybridized carbons (Fsp3) is 0.455. The predicted octanol–water partition coefficient (Wildman–Crippen LogP) is 2.58. The highest BCUT2D eigenvalue weighted by Crippen LogP contribution is 2.30. The van der Waals surface area contributed by atoms with Gasteiger partial charge < -0.3 is 10.1 Å². The molecule has 0 bridgehead atoms. The lowest BCUT2D eigenvalue weighted by molar-refractivity contribution is -0.137. The van der Waals surface area contributed by atoms with E-state index in [9.17, 15) is 17.6 Å². The van der Waals surface area contributed by atoms with Crippen molar-refractivity contribution in [2.24, 2.45) is 0 Å². The van der Waals surface area contributed by atoms with E-state index >= 15 is 0 Å². The van der Waals surface area contributed by atoms with Gasteiger partial charge in [0.15, 0.2) is 0 Å². The molecule has 6 heteroatoms. The van der Waals surface area contributed by atoms with Crippen molar-refractivity contribution in [1.82, 2.24) is 5.32 Å². The molecule has 1 aromatic rings. The quantitative estimate of drug-likeness (QED) is 0.641. The Balaban J connectivity index is 2.69. The van der Waals surface area contributed by atoms with Gasteiger partial charge in [-0.05, 0) is 23.8 Å². The number of rotatable bonds is 5. The zero-order chi connectivity index (χ0) is 12.9. The minimum Gasteiger partial charge on any atom is -0.383 e. The van der Waals surface area contributed by atoms with Gasteiger partial charge >= 0.3 is 6.18 Å². The van der Waals surface area contributed by atoms with Gasteiger partial charge in [-0.3, -0.25) is 0 Å². The molecule has 0 saturated carbocycles. The largest absolute Gasteiger partial charge is 0.416 e. The van der Waals surface area contributed by atoms with Crippen molar-refractivity contribution < 1.29 is 22.3 Å². The fourth-order valence-corrected chi connectivity index (χ4v) is 1.32. The lowest BCUT2D eigenvalue weighted by Gasteiger charge is -2.10. The van der Waals surface area contributed by atoms with Crippen LogP contribution in [0.4, 0.5) is 17.6 Å². The lowest BCUT2D eigenvalue weighted by Crippen LogP contribution is -2.19. The molecule has 0 saturated heterocycles. The molecule has 0 aromatic heterocycles. The molecule has 0 aliphatic carbocycles. The van der Waals surface area contributed by atoms with E-state index in [1.807, 2.05) is 0 Å². The molecular weight excluding hydrogens is 238 g/mol. The Bertz CT molecular complexity index is 365. The third-order valence-electron chi connectivity index (χ3n) is 2.10. The van der Waals surface area contributed by atoms with E-state index in [0.29, 0.717) is 19.2 Å². The van der Waals surface area contributed by atoms with Crippen molar-refractivity contribution in [3.8, 4) is 0 Å². The summed E-state index contributed by atoms with van der Waals surface area (Å²) < 4.78 is 54.9. The number of hydrogen-bond donors (Lipinski definition) is 1. The summed E-state index contributed by atoms with van der Waals surface area (Å²) in [5.41, 5.74) is -0.713. The van der Waals surface area contributed by atoms with Crippen LogP contribution in [0.15, 0.2) is 18.2 Å². The van der Waals surface area contributed by atoms with Gasteiger partial charge in [-0.1, -0.05) is 0 Å². The second-order valence-corrected chi connectivity index (χ2v) is 3.52. The van der Waals surface area contributed by atoms with Crippen LogP contribution in [0.5, 0.6) is 0 Å². The van der Waals surface area contributed by atoms with Crippen LogP contribution in [0.3, 0.4) is 0 Å². The van der Waals surface area contributed by atoms with Crippen molar-refractivity contribution in [3.05, 3.63) is 35.1 Å². The van der Waals surface area contributed by atoms with Gasteiger partial charge in [0.25, 0.3) is 0 Å². The summed E-state index contributed by atoms with van der Waals surface area (Å²) >= 11 is 0. The van der Waals surface area contributed by atoms with Gasteiger partial charge in [-0.25, -0.2) is 4.39 Å². The molecule has 0 unspecified atom stereocenters. The zero-order valence-corrected chi connectivity index (χ0v) is 9.27. The number of halogens is 4. The van der Waals surface area contributed by atoms with Gasteiger partial charge in [0, 0.05) is 20.2 Å². The van der Waals surface area contributed by atoms with Crippen LogP contribution in [0.2, 0.25) is 0 Å². The number of hydrogen-bond acceptors (Lipinski definition) is 2. The standard InChI is InChI=1S/C11H13F4NO/c1-17-3-2-16-7-8-4-9(11(13,14)15)6-10(12)5-8/h4-6,16H,2-3,7H2,1H3. The highest BCUT2D eigenvalue weighted by atomic mass is 19.4. The first-order chi connectivity index (χ1) is 7.93. The van der Waals surface area contributed by atoms with Crippen molar-refractivity contribution in [1.29, 1.82) is 0 Å². The first kappa shape index (κ1) is 13.9. The van der Waals surface area contributed by atoms with Gasteiger partial charge in [-0.2, -0.15) is 13.2 Å². The van der Waals surface area contributed by atoms with Crippen LogP contribution in [0.25, 0.3) is 0 Å². The molecule has 96 valence electrons. The maximum Gasteiger partial charge on any atom is 0.416 e. The molecule has 0 spiro atoms. The van der Waals surface area contributed by atoms with Crippen molar-refractivity contribution >= 4 is 0 Å². The molecule has 1 N–H and O–H groups in total. The minimum absolute atomic E-state index is 0.171. The second-order valence-electron chi connectivity index (χ2n) is 3.52. The number of benzene rings is 1. The first-order valence-corrected chi connectivity index (χ1v) is 5.00. The molecule has 2 nitrogen and oxygen atoms in total. The predicted molar refractivity (Wildman–Crippen MR) is 55.0 cm³/mol. The van der Waals surface area contributed by atoms with Crippen LogP contribution in [-0.2, 0) is 17.5 Å². The summed E-state index contributed by atoms with van der Waals surface area (Å²) in [6.45, 7) is 1.11. The van der Waals surface area contributed by atoms with E-state index in [2.05, 4.69) is 5.32 Å². The Labute approximate surface area is 96.6 Å². The van der Waals surface area contributed by atoms with Crippen LogP contribution in [0, 0.1) is 5.82 Å². The normalized spacial score (nSPS) is 11.8. The van der Waals surface area contributed by atoms with Crippen molar-refractivity contribution in [2.75, 3.05) is 20.3 Å². The SMILES string of the molecule is COCCNCc1cc(F)cc(C(F)(F)F)c1. The highest BCUT2D eigenvalue weighted by molar-refractivity contribution is 5.26. The summed E-state index contributed by atoms with van der Waals surface area (Å²) in [6.07, 6.45) is -4.52. The summed E-state index contributed by atoms with van der Waals surface area (Å²) in [5, 5.41) is 2.85. The van der Waals surface area contributed by atoms with E-state index in [4.69, 9.17) is 4.74 Å². The summed E-state index contributed by atoms with van der Waals surface area (Å²) in [6, 6.07) is 2.50. The molecule has 17 heavy (non-hydrogen) atoms. The lowest BCUT2D eigenvalue weighted by atomic mass is 10.1. The van der Waals surface area contributed by atoms with Gasteiger partial charge in [0.2, 0.25) is 0 Å². The van der Waals surface area contributed by atoms with E-state index in [-0.39, 0.29) is 12.1 Å². The zero-order valence-electron chi connectivity index (χ0n) is 9.27. The Morgan fingerprint density at radius 1 is 1.24 bits per heavy atom. The topological polar surface area (TPSA) is 21.3 Å². The van der Waals surface area contributed by atoms with Crippen LogP contribution >= 0.6 is 0 Å². The maximum absolute atomic E-state index is 13.0. The summed E-state index contributed by atoms with van der Waals surface area (Å²) in [5.74, 6) is -0.886.